The van der Waals surface area contributed by atoms with Crippen LogP contribution in [0, 0.1) is 20.8 Å². The molecule has 4 rings (SSSR count). The lowest BCUT2D eigenvalue weighted by atomic mass is 9.90. The van der Waals surface area contributed by atoms with Crippen LogP contribution in [0.4, 0.5) is 0 Å². The predicted molar refractivity (Wildman–Crippen MR) is 128 cm³/mol. The van der Waals surface area contributed by atoms with Crippen molar-refractivity contribution in [1.82, 2.24) is 9.78 Å². The Morgan fingerprint density at radius 3 is 2.16 bits per heavy atom. The van der Waals surface area contributed by atoms with E-state index in [0.717, 1.165) is 33.8 Å². The van der Waals surface area contributed by atoms with Crippen molar-refractivity contribution in [2.24, 2.45) is 0 Å². The van der Waals surface area contributed by atoms with Gasteiger partial charge in [-0.15, -0.1) is 0 Å². The van der Waals surface area contributed by atoms with Gasteiger partial charge >= 0.3 is 5.97 Å². The van der Waals surface area contributed by atoms with Crippen molar-refractivity contribution in [3.8, 4) is 16.9 Å². The zero-order valence-corrected chi connectivity index (χ0v) is 18.7. The summed E-state index contributed by atoms with van der Waals surface area (Å²) in [6, 6.07) is 26.9. The quantitative estimate of drug-likeness (QED) is 0.381. The van der Waals surface area contributed by atoms with E-state index in [2.05, 4.69) is 74.5 Å². The van der Waals surface area contributed by atoms with E-state index in [-0.39, 0.29) is 12.3 Å². The minimum atomic E-state index is -0.798. The average molecular weight is 425 g/mol. The molecule has 4 aromatic rings. The second kappa shape index (κ2) is 9.23. The molecular weight excluding hydrogens is 396 g/mol. The number of rotatable bonds is 7. The number of hydrogen-bond donors (Lipinski definition) is 1. The third-order valence-electron chi connectivity index (χ3n) is 5.78. The van der Waals surface area contributed by atoms with Crippen LogP contribution in [-0.4, -0.2) is 20.9 Å². The number of nitrogens with zero attached hydrogens (tertiary/aromatic N) is 2. The van der Waals surface area contributed by atoms with Crippen LogP contribution in [-0.2, 0) is 11.2 Å². The van der Waals surface area contributed by atoms with Crippen LogP contribution in [0.2, 0.25) is 0 Å². The number of benzene rings is 3. The van der Waals surface area contributed by atoms with Crippen molar-refractivity contribution >= 4 is 5.97 Å². The molecule has 1 atom stereocenters. The summed E-state index contributed by atoms with van der Waals surface area (Å²) in [5.74, 6) is -0.937. The molecule has 1 N–H and O–H groups in total. The fraction of sp³-hybridized carbons (Fsp3) is 0.214. The van der Waals surface area contributed by atoms with Crippen molar-refractivity contribution in [2.45, 2.75) is 39.5 Å². The fourth-order valence-electron chi connectivity index (χ4n) is 4.04. The minimum Gasteiger partial charge on any atom is -0.481 e. The summed E-state index contributed by atoms with van der Waals surface area (Å²) in [5, 5.41) is 14.5. The van der Waals surface area contributed by atoms with Gasteiger partial charge in [0.2, 0.25) is 0 Å². The number of carbonyl (C=O) groups is 1. The van der Waals surface area contributed by atoms with Crippen LogP contribution in [0.25, 0.3) is 16.9 Å². The Balaban J connectivity index is 1.76. The Hall–Kier alpha value is -3.66. The molecule has 0 radical (unpaired) electrons. The lowest BCUT2D eigenvalue weighted by Gasteiger charge is -2.14. The molecule has 32 heavy (non-hydrogen) atoms. The molecule has 162 valence electrons. The molecule has 1 unspecified atom stereocenters. The van der Waals surface area contributed by atoms with E-state index in [1.54, 1.807) is 0 Å². The standard InChI is InChI=1S/C28H28N2O2/c1-19-7-11-22(12-8-19)27-18-25(29-30(27)26-13-9-20(2)10-14-26)16-24(17-28(31)32)23-6-4-5-21(3)15-23/h4-15,18,24H,16-17H2,1-3H3,(H,31,32). The van der Waals surface area contributed by atoms with E-state index in [1.807, 2.05) is 29.8 Å². The Morgan fingerprint density at radius 2 is 1.53 bits per heavy atom. The van der Waals surface area contributed by atoms with Gasteiger partial charge in [-0.2, -0.15) is 5.10 Å². The first-order valence-electron chi connectivity index (χ1n) is 10.9. The maximum Gasteiger partial charge on any atom is 0.303 e. The molecule has 0 amide bonds. The molecule has 0 aliphatic heterocycles. The molecule has 0 aliphatic rings. The normalized spacial score (nSPS) is 12.0. The number of aliphatic carboxylic acids is 1. The van der Waals surface area contributed by atoms with Gasteiger partial charge in [0.05, 0.1) is 23.5 Å². The van der Waals surface area contributed by atoms with E-state index in [0.29, 0.717) is 6.42 Å². The minimum absolute atomic E-state index is 0.0701. The third kappa shape index (κ3) is 4.97. The van der Waals surface area contributed by atoms with Gasteiger partial charge in [0.25, 0.3) is 0 Å². The molecule has 0 fully saturated rings. The van der Waals surface area contributed by atoms with E-state index in [1.165, 1.54) is 11.1 Å². The zero-order valence-electron chi connectivity index (χ0n) is 18.7. The summed E-state index contributed by atoms with van der Waals surface area (Å²) in [4.78, 5) is 11.6. The highest BCUT2D eigenvalue weighted by Gasteiger charge is 2.20. The van der Waals surface area contributed by atoms with Crippen LogP contribution in [0.3, 0.4) is 0 Å². The van der Waals surface area contributed by atoms with Crippen LogP contribution < -0.4 is 0 Å². The van der Waals surface area contributed by atoms with Gasteiger partial charge in [-0.05, 0) is 56.9 Å². The molecular formula is C28H28N2O2. The van der Waals surface area contributed by atoms with E-state index in [9.17, 15) is 9.90 Å². The van der Waals surface area contributed by atoms with Crippen LogP contribution in [0.5, 0.6) is 0 Å². The van der Waals surface area contributed by atoms with Gasteiger partial charge in [-0.3, -0.25) is 4.79 Å². The smallest absolute Gasteiger partial charge is 0.303 e. The van der Waals surface area contributed by atoms with E-state index in [4.69, 9.17) is 5.10 Å². The van der Waals surface area contributed by atoms with E-state index >= 15 is 0 Å². The number of carboxylic acid groups (broad SMARTS) is 1. The number of aromatic nitrogens is 2. The lowest BCUT2D eigenvalue weighted by Crippen LogP contribution is -2.10. The highest BCUT2D eigenvalue weighted by atomic mass is 16.4. The third-order valence-corrected chi connectivity index (χ3v) is 5.78. The maximum atomic E-state index is 11.6. The van der Waals surface area contributed by atoms with E-state index < -0.39 is 5.97 Å². The first-order chi connectivity index (χ1) is 15.4. The Kier molecular flexibility index (Phi) is 6.22. The zero-order chi connectivity index (χ0) is 22.7. The summed E-state index contributed by atoms with van der Waals surface area (Å²) in [7, 11) is 0. The second-order valence-corrected chi connectivity index (χ2v) is 8.55. The van der Waals surface area contributed by atoms with Crippen molar-refractivity contribution in [3.63, 3.8) is 0 Å². The molecule has 1 aromatic heterocycles. The summed E-state index contributed by atoms with van der Waals surface area (Å²) < 4.78 is 1.97. The van der Waals surface area contributed by atoms with Gasteiger partial charge in [-0.1, -0.05) is 77.4 Å². The Morgan fingerprint density at radius 1 is 0.875 bits per heavy atom. The Labute approximate surface area is 189 Å². The highest BCUT2D eigenvalue weighted by molar-refractivity contribution is 5.68. The summed E-state index contributed by atoms with van der Waals surface area (Å²) in [6.45, 7) is 6.17. The van der Waals surface area contributed by atoms with Crippen molar-refractivity contribution in [1.29, 1.82) is 0 Å². The van der Waals surface area contributed by atoms with Crippen molar-refractivity contribution in [3.05, 3.63) is 107 Å². The Bertz CT molecular complexity index is 1160. The molecule has 4 heteroatoms. The maximum absolute atomic E-state index is 11.6. The van der Waals surface area contributed by atoms with Gasteiger partial charge in [0, 0.05) is 5.56 Å². The summed E-state index contributed by atoms with van der Waals surface area (Å²) in [5.41, 5.74) is 8.52. The first kappa shape index (κ1) is 21.6. The van der Waals surface area contributed by atoms with Gasteiger partial charge in [0.1, 0.15) is 0 Å². The monoisotopic (exact) mass is 424 g/mol. The van der Waals surface area contributed by atoms with Crippen LogP contribution >= 0.6 is 0 Å². The van der Waals surface area contributed by atoms with Crippen molar-refractivity contribution in [2.75, 3.05) is 0 Å². The molecule has 0 aliphatic carbocycles. The summed E-state index contributed by atoms with van der Waals surface area (Å²) >= 11 is 0. The lowest BCUT2D eigenvalue weighted by molar-refractivity contribution is -0.137. The van der Waals surface area contributed by atoms with Crippen molar-refractivity contribution < 1.29 is 9.90 Å². The number of hydrogen-bond acceptors (Lipinski definition) is 2. The summed E-state index contributed by atoms with van der Waals surface area (Å²) in [6.07, 6.45) is 0.633. The number of aryl methyl sites for hydroxylation is 3. The first-order valence-corrected chi connectivity index (χ1v) is 10.9. The highest BCUT2D eigenvalue weighted by Crippen LogP contribution is 2.29. The molecule has 3 aromatic carbocycles. The molecule has 1 heterocycles. The molecule has 0 saturated carbocycles. The largest absolute Gasteiger partial charge is 0.481 e. The van der Waals surface area contributed by atoms with Gasteiger partial charge < -0.3 is 5.11 Å². The SMILES string of the molecule is Cc1ccc(-c2cc(CC(CC(=O)O)c3cccc(C)c3)nn2-c2ccc(C)cc2)cc1. The topological polar surface area (TPSA) is 55.1 Å². The second-order valence-electron chi connectivity index (χ2n) is 8.55. The molecule has 0 spiro atoms. The average Bonchev–Trinajstić information content (AvgIpc) is 3.18. The van der Waals surface area contributed by atoms with Gasteiger partial charge in [0.15, 0.2) is 0 Å². The molecule has 0 bridgehead atoms. The predicted octanol–water partition coefficient (Wildman–Crippen LogP) is 6.27. The molecule has 0 saturated heterocycles. The van der Waals surface area contributed by atoms with Gasteiger partial charge in [-0.25, -0.2) is 4.68 Å². The number of carboxylic acids is 1. The fourth-order valence-corrected chi connectivity index (χ4v) is 4.04. The van der Waals surface area contributed by atoms with Crippen LogP contribution in [0.15, 0.2) is 78.9 Å². The van der Waals surface area contributed by atoms with Crippen LogP contribution in [0.1, 0.15) is 40.3 Å². The molecule has 4 nitrogen and oxygen atoms in total.